The van der Waals surface area contributed by atoms with Gasteiger partial charge >= 0.3 is 0 Å². The predicted molar refractivity (Wildman–Crippen MR) is 131 cm³/mol. The van der Waals surface area contributed by atoms with E-state index in [0.717, 1.165) is 55.5 Å². The van der Waals surface area contributed by atoms with E-state index in [1.165, 1.54) is 50.5 Å². The standard InChI is InChI=1S/C30H29NO/c1-20-19-22(31-17-4-5-18-31)12-14-23(20)30(32)29-10-6-9-25-27-13-11-21-7-2-3-8-24(21)26(27)15-16-28(25)29/h2-3,7-8,11-12,14-16,19H,4-6,9-10,13,17-18H2,1H3. The Bertz CT molecular complexity index is 1460. The second kappa shape index (κ2) is 7.78. The van der Waals surface area contributed by atoms with Crippen molar-refractivity contribution in [2.75, 3.05) is 18.0 Å². The molecule has 0 saturated carbocycles. The summed E-state index contributed by atoms with van der Waals surface area (Å²) in [5.41, 5.74) is 7.05. The van der Waals surface area contributed by atoms with Gasteiger partial charge in [-0.2, -0.15) is 0 Å². The zero-order valence-electron chi connectivity index (χ0n) is 18.8. The van der Waals surface area contributed by atoms with Crippen LogP contribution in [0, 0.1) is 17.4 Å². The van der Waals surface area contributed by atoms with Crippen LogP contribution in [0.15, 0.2) is 54.6 Å². The van der Waals surface area contributed by atoms with Crippen LogP contribution in [0.2, 0.25) is 0 Å². The lowest BCUT2D eigenvalue weighted by Gasteiger charge is -2.22. The third-order valence-corrected chi connectivity index (χ3v) is 7.59. The van der Waals surface area contributed by atoms with Crippen LogP contribution >= 0.6 is 0 Å². The Labute approximate surface area is 189 Å². The molecule has 0 amide bonds. The maximum absolute atomic E-state index is 13.7. The Morgan fingerprint density at radius 2 is 1.62 bits per heavy atom. The molecule has 2 heteroatoms. The summed E-state index contributed by atoms with van der Waals surface area (Å²) >= 11 is 0. The molecule has 1 fully saturated rings. The lowest BCUT2D eigenvalue weighted by molar-refractivity contribution is 0.105. The van der Waals surface area contributed by atoms with Crippen LogP contribution in [0.25, 0.3) is 11.6 Å². The molecule has 3 aromatic rings. The molecular weight excluding hydrogens is 390 g/mol. The number of anilines is 1. The maximum atomic E-state index is 13.7. The highest BCUT2D eigenvalue weighted by Crippen LogP contribution is 2.27. The van der Waals surface area contributed by atoms with Crippen LogP contribution in [-0.2, 0) is 12.8 Å². The summed E-state index contributed by atoms with van der Waals surface area (Å²) in [6, 6.07) is 19.6. The van der Waals surface area contributed by atoms with Crippen molar-refractivity contribution >= 4 is 23.1 Å². The number of carbonyl (C=O) groups is 1. The topological polar surface area (TPSA) is 20.3 Å². The lowest BCUT2D eigenvalue weighted by Crippen LogP contribution is -2.26. The first-order valence-electron chi connectivity index (χ1n) is 12.0. The van der Waals surface area contributed by atoms with E-state index in [1.807, 2.05) is 0 Å². The van der Waals surface area contributed by atoms with Gasteiger partial charge in [0.1, 0.15) is 0 Å². The van der Waals surface area contributed by atoms with Gasteiger partial charge in [-0.05, 0) is 101 Å². The highest BCUT2D eigenvalue weighted by molar-refractivity contribution is 6.25. The van der Waals surface area contributed by atoms with E-state index in [-0.39, 0.29) is 5.78 Å². The summed E-state index contributed by atoms with van der Waals surface area (Å²) in [6.07, 6.45) is 8.82. The molecular formula is C30H29NO. The Morgan fingerprint density at radius 1 is 0.812 bits per heavy atom. The Kier molecular flexibility index (Phi) is 4.75. The maximum Gasteiger partial charge on any atom is 0.189 e. The van der Waals surface area contributed by atoms with Crippen LogP contribution in [0.3, 0.4) is 0 Å². The summed E-state index contributed by atoms with van der Waals surface area (Å²) in [5.74, 6) is 0.219. The van der Waals surface area contributed by atoms with Gasteiger partial charge < -0.3 is 4.90 Å². The van der Waals surface area contributed by atoms with E-state index in [9.17, 15) is 4.79 Å². The first-order valence-corrected chi connectivity index (χ1v) is 12.0. The van der Waals surface area contributed by atoms with Gasteiger partial charge in [-0.1, -0.05) is 42.5 Å². The number of hydrogen-bond acceptors (Lipinski definition) is 2. The number of aryl methyl sites for hydroxylation is 1. The monoisotopic (exact) mass is 419 g/mol. The molecule has 3 aliphatic rings. The fourth-order valence-corrected chi connectivity index (χ4v) is 5.93. The normalized spacial score (nSPS) is 16.8. The van der Waals surface area contributed by atoms with Crippen LogP contribution in [0.5, 0.6) is 0 Å². The van der Waals surface area contributed by atoms with E-state index >= 15 is 0 Å². The van der Waals surface area contributed by atoms with E-state index < -0.39 is 0 Å². The average Bonchev–Trinajstić information content (AvgIpc) is 3.38. The van der Waals surface area contributed by atoms with E-state index in [1.54, 1.807) is 0 Å². The van der Waals surface area contributed by atoms with E-state index in [4.69, 9.17) is 0 Å². The van der Waals surface area contributed by atoms with Gasteiger partial charge in [-0.3, -0.25) is 4.79 Å². The Hall–Kier alpha value is -3.13. The number of ketones is 1. The second-order valence-corrected chi connectivity index (χ2v) is 9.47. The van der Waals surface area contributed by atoms with Gasteiger partial charge in [-0.25, -0.2) is 0 Å². The summed E-state index contributed by atoms with van der Waals surface area (Å²) in [5, 5.41) is 5.19. The summed E-state index contributed by atoms with van der Waals surface area (Å²) < 4.78 is 0. The summed E-state index contributed by atoms with van der Waals surface area (Å²) in [7, 11) is 0. The lowest BCUT2D eigenvalue weighted by atomic mass is 9.83. The predicted octanol–water partition coefficient (Wildman–Crippen LogP) is 4.59. The molecule has 0 bridgehead atoms. The second-order valence-electron chi connectivity index (χ2n) is 9.47. The molecule has 0 N–H and O–H groups in total. The van der Waals surface area contributed by atoms with Crippen molar-refractivity contribution in [3.05, 3.63) is 97.7 Å². The number of Topliss-reactive ketones (excluding diaryl/α,β-unsaturated/α-hetero) is 1. The van der Waals surface area contributed by atoms with Crippen molar-refractivity contribution < 1.29 is 4.79 Å². The van der Waals surface area contributed by atoms with Gasteiger partial charge in [0.25, 0.3) is 0 Å². The van der Waals surface area contributed by atoms with Crippen LogP contribution in [-0.4, -0.2) is 18.9 Å². The van der Waals surface area contributed by atoms with Crippen molar-refractivity contribution in [1.29, 1.82) is 0 Å². The average molecular weight is 420 g/mol. The molecule has 0 atom stereocenters. The third-order valence-electron chi connectivity index (χ3n) is 7.59. The van der Waals surface area contributed by atoms with Crippen LogP contribution in [0.4, 0.5) is 5.69 Å². The molecule has 1 aliphatic heterocycles. The molecule has 3 aromatic carbocycles. The van der Waals surface area contributed by atoms with Crippen LogP contribution < -0.4 is 15.3 Å². The van der Waals surface area contributed by atoms with Gasteiger partial charge in [0, 0.05) is 29.9 Å². The molecule has 160 valence electrons. The smallest absolute Gasteiger partial charge is 0.189 e. The summed E-state index contributed by atoms with van der Waals surface area (Å²) in [4.78, 5) is 16.2. The summed E-state index contributed by atoms with van der Waals surface area (Å²) in [6.45, 7) is 4.35. The molecule has 0 radical (unpaired) electrons. The van der Waals surface area contributed by atoms with Crippen molar-refractivity contribution in [3.63, 3.8) is 0 Å². The van der Waals surface area contributed by atoms with Gasteiger partial charge in [0.2, 0.25) is 0 Å². The molecule has 0 spiro atoms. The number of hydrogen-bond donors (Lipinski definition) is 0. The molecule has 1 heterocycles. The van der Waals surface area contributed by atoms with Gasteiger partial charge in [0.15, 0.2) is 5.78 Å². The highest BCUT2D eigenvalue weighted by Gasteiger charge is 2.22. The molecule has 2 aliphatic carbocycles. The highest BCUT2D eigenvalue weighted by atomic mass is 16.1. The first-order chi connectivity index (χ1) is 15.7. The third kappa shape index (κ3) is 3.12. The number of fused-ring (bicyclic) bond motifs is 4. The molecule has 32 heavy (non-hydrogen) atoms. The zero-order chi connectivity index (χ0) is 21.7. The fourth-order valence-electron chi connectivity index (χ4n) is 5.93. The van der Waals surface area contributed by atoms with Crippen molar-refractivity contribution in [2.45, 2.75) is 45.4 Å². The van der Waals surface area contributed by atoms with Crippen molar-refractivity contribution in [2.24, 2.45) is 0 Å². The van der Waals surface area contributed by atoms with Crippen molar-refractivity contribution in [3.8, 4) is 0 Å². The minimum absolute atomic E-state index is 0.219. The molecule has 2 nitrogen and oxygen atoms in total. The number of benzene rings is 3. The largest absolute Gasteiger partial charge is 0.372 e. The first kappa shape index (κ1) is 19.5. The van der Waals surface area contributed by atoms with Crippen LogP contribution in [0.1, 0.15) is 52.7 Å². The van der Waals surface area contributed by atoms with Gasteiger partial charge in [-0.15, -0.1) is 0 Å². The Morgan fingerprint density at radius 3 is 2.47 bits per heavy atom. The minimum atomic E-state index is 0.219. The molecule has 6 rings (SSSR count). The minimum Gasteiger partial charge on any atom is -0.372 e. The number of nitrogens with zero attached hydrogens (tertiary/aromatic N) is 1. The zero-order valence-corrected chi connectivity index (χ0v) is 18.8. The SMILES string of the molecule is Cc1cc(N2CCCC2)ccc1C(=O)C1=c2ccc3c(c2CCC1)CC=c1ccccc1=3. The Balaban J connectivity index is 1.48. The fraction of sp³-hybridized carbons (Fsp3) is 0.300. The van der Waals surface area contributed by atoms with E-state index in [2.05, 4.69) is 72.5 Å². The molecule has 1 saturated heterocycles. The molecule has 0 unspecified atom stereocenters. The number of rotatable bonds is 3. The van der Waals surface area contributed by atoms with Gasteiger partial charge in [0.05, 0.1) is 0 Å². The van der Waals surface area contributed by atoms with E-state index in [0.29, 0.717) is 0 Å². The molecule has 0 aromatic heterocycles. The van der Waals surface area contributed by atoms with Crippen molar-refractivity contribution in [1.82, 2.24) is 0 Å². The number of carbonyl (C=O) groups excluding carboxylic acids is 1. The quantitative estimate of drug-likeness (QED) is 0.579.